The van der Waals surface area contributed by atoms with E-state index in [2.05, 4.69) is 40.4 Å². The fourth-order valence-electron chi connectivity index (χ4n) is 4.07. The van der Waals surface area contributed by atoms with Crippen LogP contribution in [0.15, 0.2) is 42.5 Å². The van der Waals surface area contributed by atoms with Crippen LogP contribution in [0.4, 0.5) is 5.69 Å². The molecule has 0 bridgehead atoms. The third-order valence-corrected chi connectivity index (χ3v) is 6.01. The van der Waals surface area contributed by atoms with Crippen LogP contribution in [0.5, 0.6) is 0 Å². The summed E-state index contributed by atoms with van der Waals surface area (Å²) in [6.07, 6.45) is 1.07. The van der Waals surface area contributed by atoms with E-state index >= 15 is 0 Å². The number of halogens is 1. The van der Waals surface area contributed by atoms with Gasteiger partial charge in [-0.05, 0) is 35.7 Å². The maximum absolute atomic E-state index is 12.7. The van der Waals surface area contributed by atoms with Crippen molar-refractivity contribution in [3.63, 3.8) is 0 Å². The van der Waals surface area contributed by atoms with Crippen LogP contribution in [0.1, 0.15) is 27.5 Å². The van der Waals surface area contributed by atoms with Crippen molar-refractivity contribution in [1.29, 1.82) is 0 Å². The van der Waals surface area contributed by atoms with Crippen LogP contribution >= 0.6 is 11.6 Å². The van der Waals surface area contributed by atoms with Crippen molar-refractivity contribution in [2.24, 2.45) is 0 Å². The van der Waals surface area contributed by atoms with E-state index in [0.29, 0.717) is 17.1 Å². The largest absolute Gasteiger partial charge is 0.379 e. The molecule has 1 N–H and O–H groups in total. The highest BCUT2D eigenvalue weighted by atomic mass is 35.5. The molecule has 1 atom stereocenters. The average Bonchev–Trinajstić information content (AvgIpc) is 3.09. The third-order valence-electron chi connectivity index (χ3n) is 5.68. The molecule has 1 fully saturated rings. The van der Waals surface area contributed by atoms with E-state index in [1.165, 1.54) is 16.8 Å². The van der Waals surface area contributed by atoms with Crippen molar-refractivity contribution in [2.75, 3.05) is 51.3 Å². The highest BCUT2D eigenvalue weighted by Gasteiger charge is 2.25. The average molecular weight is 400 g/mol. The molecular formula is C22H26ClN3O2. The van der Waals surface area contributed by atoms with Crippen LogP contribution in [-0.2, 0) is 11.2 Å². The van der Waals surface area contributed by atoms with Gasteiger partial charge in [-0.3, -0.25) is 9.69 Å². The Hall–Kier alpha value is -2.08. The fraction of sp³-hybridized carbons (Fsp3) is 0.409. The van der Waals surface area contributed by atoms with Gasteiger partial charge in [-0.2, -0.15) is 0 Å². The van der Waals surface area contributed by atoms with Crippen LogP contribution in [0.25, 0.3) is 0 Å². The number of nitrogens with zero attached hydrogens (tertiary/aromatic N) is 2. The molecule has 0 spiro atoms. The summed E-state index contributed by atoms with van der Waals surface area (Å²) in [6, 6.07) is 14.0. The number of nitrogens with one attached hydrogen (secondary N) is 1. The number of anilines is 1. The SMILES string of the molecule is CN1CCc2cc(C(CNC(=O)c3ccccc3Cl)N3CCOCC3)ccc21. The molecule has 1 saturated heterocycles. The lowest BCUT2D eigenvalue weighted by atomic mass is 10.00. The van der Waals surface area contributed by atoms with E-state index in [9.17, 15) is 4.79 Å². The highest BCUT2D eigenvalue weighted by molar-refractivity contribution is 6.33. The van der Waals surface area contributed by atoms with Gasteiger partial charge in [0.2, 0.25) is 0 Å². The van der Waals surface area contributed by atoms with Gasteiger partial charge in [0.1, 0.15) is 0 Å². The van der Waals surface area contributed by atoms with Crippen LogP contribution in [0.2, 0.25) is 5.02 Å². The number of hydrogen-bond donors (Lipinski definition) is 1. The van der Waals surface area contributed by atoms with Crippen molar-refractivity contribution in [2.45, 2.75) is 12.5 Å². The fourth-order valence-corrected chi connectivity index (χ4v) is 4.29. The van der Waals surface area contributed by atoms with Gasteiger partial charge in [0, 0.05) is 38.9 Å². The number of benzene rings is 2. The zero-order chi connectivity index (χ0) is 19.5. The first kappa shape index (κ1) is 19.2. The second kappa shape index (κ2) is 8.52. The number of carbonyl (C=O) groups excluding carboxylic acids is 1. The molecule has 1 unspecified atom stereocenters. The number of fused-ring (bicyclic) bond motifs is 1. The van der Waals surface area contributed by atoms with Gasteiger partial charge in [-0.15, -0.1) is 0 Å². The Morgan fingerprint density at radius 1 is 1.18 bits per heavy atom. The summed E-state index contributed by atoms with van der Waals surface area (Å²) in [5.41, 5.74) is 4.45. The molecule has 2 aliphatic heterocycles. The van der Waals surface area contributed by atoms with Gasteiger partial charge in [0.25, 0.3) is 5.91 Å². The van der Waals surface area contributed by atoms with E-state index in [-0.39, 0.29) is 11.9 Å². The van der Waals surface area contributed by atoms with Crippen LogP contribution in [-0.4, -0.2) is 57.2 Å². The molecule has 0 aliphatic carbocycles. The predicted octanol–water partition coefficient (Wildman–Crippen LogP) is 3.14. The second-order valence-corrected chi connectivity index (χ2v) is 7.82. The van der Waals surface area contributed by atoms with E-state index < -0.39 is 0 Å². The molecule has 0 aromatic heterocycles. The van der Waals surface area contributed by atoms with E-state index in [4.69, 9.17) is 16.3 Å². The summed E-state index contributed by atoms with van der Waals surface area (Å²) in [7, 11) is 2.13. The minimum Gasteiger partial charge on any atom is -0.379 e. The quantitative estimate of drug-likeness (QED) is 0.839. The van der Waals surface area contributed by atoms with Crippen molar-refractivity contribution < 1.29 is 9.53 Å². The van der Waals surface area contributed by atoms with Gasteiger partial charge in [-0.25, -0.2) is 0 Å². The Labute approximate surface area is 171 Å². The van der Waals surface area contributed by atoms with Gasteiger partial charge in [-0.1, -0.05) is 35.9 Å². The summed E-state index contributed by atoms with van der Waals surface area (Å²) in [4.78, 5) is 17.4. The molecule has 2 aliphatic rings. The first-order chi connectivity index (χ1) is 13.6. The van der Waals surface area contributed by atoms with Crippen LogP contribution in [0, 0.1) is 0 Å². The van der Waals surface area contributed by atoms with Crippen molar-refractivity contribution in [3.8, 4) is 0 Å². The number of morpholine rings is 1. The first-order valence-corrected chi connectivity index (χ1v) is 10.2. The molecule has 2 aromatic rings. The molecule has 0 saturated carbocycles. The van der Waals surface area contributed by atoms with Crippen molar-refractivity contribution >= 4 is 23.2 Å². The number of carbonyl (C=O) groups is 1. The summed E-state index contributed by atoms with van der Waals surface area (Å²) in [5, 5.41) is 3.57. The maximum Gasteiger partial charge on any atom is 0.252 e. The minimum atomic E-state index is -0.134. The summed E-state index contributed by atoms with van der Waals surface area (Å²) in [6.45, 7) is 4.78. The Balaban J connectivity index is 1.54. The van der Waals surface area contributed by atoms with Gasteiger partial charge < -0.3 is 15.0 Å². The lowest BCUT2D eigenvalue weighted by molar-refractivity contribution is 0.0162. The smallest absolute Gasteiger partial charge is 0.252 e. The lowest BCUT2D eigenvalue weighted by Gasteiger charge is -2.35. The Bertz CT molecular complexity index is 851. The van der Waals surface area contributed by atoms with E-state index in [1.54, 1.807) is 12.1 Å². The normalized spacial score (nSPS) is 18.0. The molecule has 5 nitrogen and oxygen atoms in total. The topological polar surface area (TPSA) is 44.8 Å². The first-order valence-electron chi connectivity index (χ1n) is 9.82. The standard InChI is InChI=1S/C22H26ClN3O2/c1-25-9-8-17-14-16(6-7-20(17)25)21(26-10-12-28-13-11-26)15-24-22(27)18-4-2-3-5-19(18)23/h2-7,14,21H,8-13,15H2,1H3,(H,24,27). The zero-order valence-electron chi connectivity index (χ0n) is 16.2. The molecule has 28 heavy (non-hydrogen) atoms. The second-order valence-electron chi connectivity index (χ2n) is 7.41. The zero-order valence-corrected chi connectivity index (χ0v) is 16.9. The highest BCUT2D eigenvalue weighted by Crippen LogP contribution is 2.31. The summed E-state index contributed by atoms with van der Waals surface area (Å²) in [5.74, 6) is -0.134. The maximum atomic E-state index is 12.7. The van der Waals surface area contributed by atoms with Gasteiger partial charge in [0.05, 0.1) is 29.8 Å². The van der Waals surface area contributed by atoms with Gasteiger partial charge >= 0.3 is 0 Å². The number of ether oxygens (including phenoxy) is 1. The molecule has 2 heterocycles. The lowest BCUT2D eigenvalue weighted by Crippen LogP contribution is -2.43. The van der Waals surface area contributed by atoms with E-state index in [0.717, 1.165) is 39.3 Å². The molecule has 2 aromatic carbocycles. The number of rotatable bonds is 5. The molecule has 148 valence electrons. The Morgan fingerprint density at radius 2 is 1.96 bits per heavy atom. The molecule has 6 heteroatoms. The van der Waals surface area contributed by atoms with Crippen LogP contribution in [0.3, 0.4) is 0 Å². The molecule has 4 rings (SSSR count). The Kier molecular flexibility index (Phi) is 5.85. The van der Waals surface area contributed by atoms with Gasteiger partial charge in [0.15, 0.2) is 0 Å². The van der Waals surface area contributed by atoms with Crippen LogP contribution < -0.4 is 10.2 Å². The Morgan fingerprint density at radius 3 is 2.75 bits per heavy atom. The predicted molar refractivity (Wildman–Crippen MR) is 112 cm³/mol. The molecule has 1 amide bonds. The molecule has 0 radical (unpaired) electrons. The minimum absolute atomic E-state index is 0.117. The summed E-state index contributed by atoms with van der Waals surface area (Å²) < 4.78 is 5.53. The number of amides is 1. The monoisotopic (exact) mass is 399 g/mol. The number of likely N-dealkylation sites (N-methyl/N-ethyl adjacent to an activating group) is 1. The van der Waals surface area contributed by atoms with Crippen molar-refractivity contribution in [1.82, 2.24) is 10.2 Å². The third kappa shape index (κ3) is 4.02. The number of hydrogen-bond acceptors (Lipinski definition) is 4. The van der Waals surface area contributed by atoms with Crippen molar-refractivity contribution in [3.05, 3.63) is 64.2 Å². The van der Waals surface area contributed by atoms with E-state index in [1.807, 2.05) is 12.1 Å². The summed E-state index contributed by atoms with van der Waals surface area (Å²) >= 11 is 6.19. The molecular weight excluding hydrogens is 374 g/mol.